The molecule has 1 amide bonds. The van der Waals surface area contributed by atoms with Gasteiger partial charge in [-0.15, -0.1) is 0 Å². The molecule has 8 nitrogen and oxygen atoms in total. The van der Waals surface area contributed by atoms with Gasteiger partial charge in [0.05, 0.1) is 20.4 Å². The number of nitrogens with one attached hydrogen (secondary N) is 1. The number of hydrazone groups is 1. The Labute approximate surface area is 137 Å². The van der Waals surface area contributed by atoms with E-state index in [2.05, 4.69) is 10.5 Å². The second-order valence-electron chi connectivity index (χ2n) is 4.67. The highest BCUT2D eigenvalue weighted by molar-refractivity contribution is 5.96. The first-order valence-electron chi connectivity index (χ1n) is 6.76. The molecule has 0 aliphatic carbocycles. The predicted molar refractivity (Wildman–Crippen MR) is 86.0 cm³/mol. The van der Waals surface area contributed by atoms with Gasteiger partial charge in [0.25, 0.3) is 5.91 Å². The van der Waals surface area contributed by atoms with Crippen LogP contribution in [-0.2, 0) is 0 Å². The van der Waals surface area contributed by atoms with Crippen molar-refractivity contribution in [2.24, 2.45) is 5.10 Å². The van der Waals surface area contributed by atoms with Gasteiger partial charge in [0.15, 0.2) is 17.2 Å². The lowest BCUT2D eigenvalue weighted by molar-refractivity contribution is 0.0954. The van der Waals surface area contributed by atoms with Crippen LogP contribution in [0.3, 0.4) is 0 Å². The number of ether oxygens (including phenoxy) is 2. The fourth-order valence-corrected chi connectivity index (χ4v) is 1.90. The maximum absolute atomic E-state index is 11.9. The van der Waals surface area contributed by atoms with Crippen LogP contribution in [0, 0.1) is 0 Å². The average Bonchev–Trinajstić information content (AvgIpc) is 2.58. The molecule has 2 aromatic rings. The summed E-state index contributed by atoms with van der Waals surface area (Å²) in [5.74, 6) is -1.47. The van der Waals surface area contributed by atoms with Crippen molar-refractivity contribution in [1.29, 1.82) is 0 Å². The van der Waals surface area contributed by atoms with Crippen LogP contribution >= 0.6 is 0 Å². The summed E-state index contributed by atoms with van der Waals surface area (Å²) in [6.07, 6.45) is 1.36. The molecule has 24 heavy (non-hydrogen) atoms. The van der Waals surface area contributed by atoms with E-state index in [0.717, 1.165) is 12.1 Å². The number of phenolic OH excluding ortho intramolecular Hbond substituents is 3. The Balaban J connectivity index is 2.15. The van der Waals surface area contributed by atoms with Crippen LogP contribution < -0.4 is 14.9 Å². The summed E-state index contributed by atoms with van der Waals surface area (Å²) in [5.41, 5.74) is 2.75. The minimum absolute atomic E-state index is 0.0717. The number of carbonyl (C=O) groups excluding carboxylic acids is 1. The van der Waals surface area contributed by atoms with Crippen LogP contribution in [0.15, 0.2) is 35.4 Å². The third-order valence-electron chi connectivity index (χ3n) is 3.14. The summed E-state index contributed by atoms with van der Waals surface area (Å²) < 4.78 is 10.3. The van der Waals surface area contributed by atoms with E-state index in [4.69, 9.17) is 9.47 Å². The molecular formula is C16H16N2O6. The van der Waals surface area contributed by atoms with Gasteiger partial charge in [-0.2, -0.15) is 5.10 Å². The number of rotatable bonds is 5. The summed E-state index contributed by atoms with van der Waals surface area (Å²) in [7, 11) is 3.02. The lowest BCUT2D eigenvalue weighted by Gasteiger charge is -2.07. The van der Waals surface area contributed by atoms with Crippen molar-refractivity contribution in [1.82, 2.24) is 5.43 Å². The molecule has 0 bridgehead atoms. The van der Waals surface area contributed by atoms with Gasteiger partial charge >= 0.3 is 0 Å². The van der Waals surface area contributed by atoms with Crippen LogP contribution in [0.2, 0.25) is 0 Å². The van der Waals surface area contributed by atoms with Gasteiger partial charge in [-0.05, 0) is 30.3 Å². The topological polar surface area (TPSA) is 121 Å². The van der Waals surface area contributed by atoms with Crippen LogP contribution in [-0.4, -0.2) is 41.7 Å². The molecule has 0 saturated heterocycles. The molecule has 0 unspecified atom stereocenters. The minimum Gasteiger partial charge on any atom is -0.504 e. The predicted octanol–water partition coefficient (Wildman–Crippen LogP) is 1.58. The van der Waals surface area contributed by atoms with Crippen molar-refractivity contribution in [2.75, 3.05) is 14.2 Å². The van der Waals surface area contributed by atoms with Crippen molar-refractivity contribution < 1.29 is 29.6 Å². The number of benzene rings is 2. The van der Waals surface area contributed by atoms with Gasteiger partial charge in [0.1, 0.15) is 11.5 Å². The quantitative estimate of drug-likeness (QED) is 0.375. The lowest BCUT2D eigenvalue weighted by Crippen LogP contribution is -2.17. The zero-order valence-corrected chi connectivity index (χ0v) is 13.0. The molecule has 0 fully saturated rings. The first-order chi connectivity index (χ1) is 11.5. The van der Waals surface area contributed by atoms with Crippen molar-refractivity contribution in [3.8, 4) is 28.7 Å². The van der Waals surface area contributed by atoms with Gasteiger partial charge in [-0.25, -0.2) is 5.43 Å². The van der Waals surface area contributed by atoms with E-state index in [1.807, 2.05) is 0 Å². The number of nitrogens with zero attached hydrogens (tertiary/aromatic N) is 1. The molecule has 0 saturated carbocycles. The van der Waals surface area contributed by atoms with E-state index >= 15 is 0 Å². The van der Waals surface area contributed by atoms with Crippen LogP contribution in [0.5, 0.6) is 28.7 Å². The van der Waals surface area contributed by atoms with Crippen molar-refractivity contribution >= 4 is 12.1 Å². The zero-order valence-electron chi connectivity index (χ0n) is 13.0. The Morgan fingerprint density at radius 1 is 1.08 bits per heavy atom. The molecule has 2 rings (SSSR count). The van der Waals surface area contributed by atoms with Crippen molar-refractivity contribution in [3.63, 3.8) is 0 Å². The molecule has 0 aromatic heterocycles. The molecule has 0 radical (unpaired) electrons. The van der Waals surface area contributed by atoms with Crippen LogP contribution in [0.25, 0.3) is 0 Å². The second kappa shape index (κ2) is 7.23. The Bertz CT molecular complexity index is 765. The number of phenols is 3. The van der Waals surface area contributed by atoms with E-state index in [-0.39, 0.29) is 5.56 Å². The first-order valence-corrected chi connectivity index (χ1v) is 6.76. The fourth-order valence-electron chi connectivity index (χ4n) is 1.90. The van der Waals surface area contributed by atoms with Gasteiger partial charge in [-0.1, -0.05) is 0 Å². The summed E-state index contributed by atoms with van der Waals surface area (Å²) in [6.45, 7) is 0. The molecular weight excluding hydrogens is 316 g/mol. The van der Waals surface area contributed by atoms with Crippen molar-refractivity contribution in [3.05, 3.63) is 41.5 Å². The summed E-state index contributed by atoms with van der Waals surface area (Å²) in [5, 5.41) is 31.9. The molecule has 4 N–H and O–H groups in total. The second-order valence-corrected chi connectivity index (χ2v) is 4.67. The molecule has 0 aliphatic heterocycles. The van der Waals surface area contributed by atoms with Gasteiger partial charge in [0.2, 0.25) is 0 Å². The number of hydrogen-bond acceptors (Lipinski definition) is 7. The molecule has 0 aliphatic rings. The van der Waals surface area contributed by atoms with Gasteiger partial charge < -0.3 is 24.8 Å². The van der Waals surface area contributed by atoms with E-state index < -0.39 is 23.2 Å². The molecule has 0 heterocycles. The molecule has 0 atom stereocenters. The number of hydrogen-bond donors (Lipinski definition) is 4. The third-order valence-corrected chi connectivity index (χ3v) is 3.14. The van der Waals surface area contributed by atoms with E-state index in [9.17, 15) is 20.1 Å². The molecule has 8 heteroatoms. The smallest absolute Gasteiger partial charge is 0.271 e. The number of amides is 1. The number of aromatic hydroxyl groups is 3. The third kappa shape index (κ3) is 3.67. The minimum atomic E-state index is -0.698. The van der Waals surface area contributed by atoms with E-state index in [1.165, 1.54) is 20.4 Å². The van der Waals surface area contributed by atoms with Crippen molar-refractivity contribution in [2.45, 2.75) is 0 Å². The van der Waals surface area contributed by atoms with Gasteiger partial charge in [0, 0.05) is 11.1 Å². The Kier molecular flexibility index (Phi) is 5.10. The lowest BCUT2D eigenvalue weighted by atomic mass is 10.2. The standard InChI is InChI=1S/C16H16N2O6/c1-23-11-3-4-14(24-2)10(5-11)8-17-18-16(22)9-6-12(19)15(21)13(20)7-9/h3-8,19-21H,1-2H3,(H,18,22)/b17-8+. The zero-order chi connectivity index (χ0) is 17.7. The Hall–Kier alpha value is -3.42. The molecule has 2 aromatic carbocycles. The monoisotopic (exact) mass is 332 g/mol. The first kappa shape index (κ1) is 16.9. The SMILES string of the molecule is COc1ccc(OC)c(/C=N/NC(=O)c2cc(O)c(O)c(O)c2)c1. The molecule has 126 valence electrons. The summed E-state index contributed by atoms with van der Waals surface area (Å²) >= 11 is 0. The highest BCUT2D eigenvalue weighted by Gasteiger charge is 2.13. The van der Waals surface area contributed by atoms with Crippen LogP contribution in [0.4, 0.5) is 0 Å². The van der Waals surface area contributed by atoms with Crippen LogP contribution in [0.1, 0.15) is 15.9 Å². The van der Waals surface area contributed by atoms with E-state index in [1.54, 1.807) is 18.2 Å². The largest absolute Gasteiger partial charge is 0.504 e. The average molecular weight is 332 g/mol. The normalized spacial score (nSPS) is 10.6. The highest BCUT2D eigenvalue weighted by Crippen LogP contribution is 2.35. The van der Waals surface area contributed by atoms with E-state index in [0.29, 0.717) is 17.1 Å². The maximum atomic E-state index is 11.9. The number of methoxy groups -OCH3 is 2. The molecule has 0 spiro atoms. The summed E-state index contributed by atoms with van der Waals surface area (Å²) in [4.78, 5) is 11.9. The number of carbonyl (C=O) groups is 1. The summed E-state index contributed by atoms with van der Waals surface area (Å²) in [6, 6.07) is 7.10. The Morgan fingerprint density at radius 3 is 2.33 bits per heavy atom. The van der Waals surface area contributed by atoms with Gasteiger partial charge in [-0.3, -0.25) is 4.79 Å². The fraction of sp³-hybridized carbons (Fsp3) is 0.125. The Morgan fingerprint density at radius 2 is 1.75 bits per heavy atom. The maximum Gasteiger partial charge on any atom is 0.271 e. The highest BCUT2D eigenvalue weighted by atomic mass is 16.5.